The third-order valence-electron chi connectivity index (χ3n) is 5.25. The van der Waals surface area contributed by atoms with E-state index in [2.05, 4.69) is 9.47 Å². The van der Waals surface area contributed by atoms with E-state index >= 15 is 0 Å². The Bertz CT molecular complexity index is 1290. The molecule has 0 spiro atoms. The minimum absolute atomic E-state index is 0.00221. The summed E-state index contributed by atoms with van der Waals surface area (Å²) < 4.78 is 143. The fourth-order valence-corrected chi connectivity index (χ4v) is 3.47. The molecule has 15 heteroatoms. The molecule has 3 rings (SSSR count). The largest absolute Gasteiger partial charge is 0.573 e. The quantitative estimate of drug-likeness (QED) is 0.208. The van der Waals surface area contributed by atoms with Gasteiger partial charge in [0.1, 0.15) is 23.9 Å². The van der Waals surface area contributed by atoms with E-state index in [1.165, 1.54) is 42.5 Å². The Hall–Kier alpha value is -3.88. The third-order valence-corrected chi connectivity index (χ3v) is 5.25. The van der Waals surface area contributed by atoms with E-state index in [4.69, 9.17) is 4.74 Å². The summed E-state index contributed by atoms with van der Waals surface area (Å²) in [7, 11) is 0. The molecule has 0 aliphatic heterocycles. The summed E-state index contributed by atoms with van der Waals surface area (Å²) in [5, 5.41) is 9.61. The van der Waals surface area contributed by atoms with Crippen LogP contribution in [0.25, 0.3) is 0 Å². The van der Waals surface area contributed by atoms with Gasteiger partial charge in [-0.3, -0.25) is 0 Å². The van der Waals surface area contributed by atoms with Gasteiger partial charge in [0.2, 0.25) is 0 Å². The van der Waals surface area contributed by atoms with Crippen LogP contribution in [0.5, 0.6) is 17.2 Å². The molecule has 0 aromatic heterocycles. The Morgan fingerprint density at radius 3 is 1.85 bits per heavy atom. The van der Waals surface area contributed by atoms with E-state index in [-0.39, 0.29) is 29.2 Å². The molecule has 1 N–H and O–H groups in total. The second-order valence-electron chi connectivity index (χ2n) is 8.57. The maximum absolute atomic E-state index is 14.3. The zero-order valence-corrected chi connectivity index (χ0v) is 20.6. The molecule has 0 saturated carbocycles. The van der Waals surface area contributed by atoms with Crippen molar-refractivity contribution in [2.45, 2.75) is 44.3 Å². The van der Waals surface area contributed by atoms with Crippen LogP contribution in [0.1, 0.15) is 11.1 Å². The number of alkyl halides is 10. The highest BCUT2D eigenvalue weighted by Crippen LogP contribution is 2.31. The van der Waals surface area contributed by atoms with Crippen molar-refractivity contribution < 1.29 is 63.2 Å². The molecule has 0 bridgehead atoms. The minimum Gasteiger partial charge on any atom is -0.489 e. The molecule has 3 aromatic rings. The number of aliphatic hydroxyl groups is 1. The predicted octanol–water partition coefficient (Wildman–Crippen LogP) is 7.33. The second-order valence-corrected chi connectivity index (χ2v) is 8.57. The van der Waals surface area contributed by atoms with E-state index < -0.39 is 55.8 Å². The van der Waals surface area contributed by atoms with E-state index in [9.17, 15) is 49.0 Å². The average Bonchev–Trinajstić information content (AvgIpc) is 2.86. The van der Waals surface area contributed by atoms with Crippen LogP contribution in [-0.4, -0.2) is 42.8 Å². The van der Waals surface area contributed by atoms with Crippen LogP contribution >= 0.6 is 0 Å². The molecule has 0 radical (unpaired) electrons. The third kappa shape index (κ3) is 9.62. The molecule has 224 valence electrons. The van der Waals surface area contributed by atoms with Gasteiger partial charge in [-0.05, 0) is 47.5 Å². The number of ether oxygens (including phenoxy) is 3. The van der Waals surface area contributed by atoms with Crippen molar-refractivity contribution in [3.63, 3.8) is 0 Å². The second kappa shape index (κ2) is 12.7. The van der Waals surface area contributed by atoms with Gasteiger partial charge in [0.05, 0.1) is 6.54 Å². The molecule has 0 unspecified atom stereocenters. The van der Waals surface area contributed by atoms with Gasteiger partial charge < -0.3 is 24.2 Å². The van der Waals surface area contributed by atoms with Gasteiger partial charge >= 0.3 is 18.9 Å². The highest BCUT2D eigenvalue weighted by atomic mass is 19.4. The highest BCUT2D eigenvalue weighted by Gasteiger charge is 2.44. The molecule has 0 saturated heterocycles. The van der Waals surface area contributed by atoms with Gasteiger partial charge in [-0.25, -0.2) is 13.2 Å². The number of hydrogen-bond donors (Lipinski definition) is 1. The van der Waals surface area contributed by atoms with Crippen molar-refractivity contribution in [1.82, 2.24) is 0 Å². The Labute approximate surface area is 226 Å². The van der Waals surface area contributed by atoms with Gasteiger partial charge in [-0.2, -0.15) is 17.6 Å². The van der Waals surface area contributed by atoms with Crippen LogP contribution in [0.15, 0.2) is 72.8 Å². The zero-order chi connectivity index (χ0) is 30.4. The van der Waals surface area contributed by atoms with Gasteiger partial charge in [0.25, 0.3) is 12.3 Å². The summed E-state index contributed by atoms with van der Waals surface area (Å²) in [6.45, 7) is -2.07. The standard InChI is InChI=1S/C26H21F10NO4/c27-22(28)24(31,38)15-37(13-16-4-1-8-20(10-16)40-25(32,33)23(29)30)18-6-3-7-19(12-18)39-14-17-5-2-9-21(11-17)41-26(34,35)36/h1-12,22-23,38H,13-15H2/t24-/m0/s1. The maximum atomic E-state index is 14.3. The van der Waals surface area contributed by atoms with Crippen molar-refractivity contribution in [2.24, 2.45) is 0 Å². The van der Waals surface area contributed by atoms with Crippen LogP contribution in [0.3, 0.4) is 0 Å². The Morgan fingerprint density at radius 2 is 1.24 bits per heavy atom. The summed E-state index contributed by atoms with van der Waals surface area (Å²) in [6.07, 6.45) is -17.7. The van der Waals surface area contributed by atoms with Crippen molar-refractivity contribution in [3.8, 4) is 17.2 Å². The first-order valence-corrected chi connectivity index (χ1v) is 11.5. The van der Waals surface area contributed by atoms with Crippen LogP contribution < -0.4 is 19.1 Å². The van der Waals surface area contributed by atoms with Crippen molar-refractivity contribution >= 4 is 5.69 Å². The number of halogens is 10. The van der Waals surface area contributed by atoms with E-state index in [0.717, 1.165) is 35.2 Å². The molecule has 41 heavy (non-hydrogen) atoms. The monoisotopic (exact) mass is 601 g/mol. The van der Waals surface area contributed by atoms with E-state index in [1.807, 2.05) is 0 Å². The van der Waals surface area contributed by atoms with Crippen LogP contribution in [0.4, 0.5) is 49.6 Å². The Balaban J connectivity index is 1.83. The smallest absolute Gasteiger partial charge is 0.489 e. The first-order valence-electron chi connectivity index (χ1n) is 11.5. The molecular weight excluding hydrogens is 580 g/mol. The molecule has 0 heterocycles. The lowest BCUT2D eigenvalue weighted by molar-refractivity contribution is -0.274. The number of rotatable bonds is 13. The molecule has 0 amide bonds. The SMILES string of the molecule is O[C@@](F)(CN(Cc1cccc(OC(F)(F)C(F)F)c1)c1cccc(OCc2cccc(OC(F)(F)F)c2)c1)C(F)F. The molecule has 5 nitrogen and oxygen atoms in total. The lowest BCUT2D eigenvalue weighted by Crippen LogP contribution is -2.44. The summed E-state index contributed by atoms with van der Waals surface area (Å²) in [5.41, 5.74) is 0.297. The topological polar surface area (TPSA) is 51.2 Å². The normalized spacial score (nSPS) is 13.7. The predicted molar refractivity (Wildman–Crippen MR) is 125 cm³/mol. The van der Waals surface area contributed by atoms with Gasteiger partial charge in [0.15, 0.2) is 0 Å². The first-order chi connectivity index (χ1) is 19.0. The first kappa shape index (κ1) is 31.6. The maximum Gasteiger partial charge on any atom is 0.573 e. The van der Waals surface area contributed by atoms with E-state index in [1.54, 1.807) is 0 Å². The van der Waals surface area contributed by atoms with Crippen molar-refractivity contribution in [2.75, 3.05) is 11.4 Å². The lowest BCUT2D eigenvalue weighted by atomic mass is 10.1. The summed E-state index contributed by atoms with van der Waals surface area (Å²) in [5.74, 6) is -5.15. The van der Waals surface area contributed by atoms with Crippen molar-refractivity contribution in [1.29, 1.82) is 0 Å². The molecule has 0 aliphatic carbocycles. The Kier molecular flexibility index (Phi) is 9.84. The molecule has 3 aromatic carbocycles. The fraction of sp³-hybridized carbons (Fsp3) is 0.308. The summed E-state index contributed by atoms with van der Waals surface area (Å²) >= 11 is 0. The van der Waals surface area contributed by atoms with E-state index in [0.29, 0.717) is 0 Å². The highest BCUT2D eigenvalue weighted by molar-refractivity contribution is 5.52. The summed E-state index contributed by atoms with van der Waals surface area (Å²) in [6, 6.07) is 14.5. The number of nitrogens with zero attached hydrogens (tertiary/aromatic N) is 1. The number of hydrogen-bond acceptors (Lipinski definition) is 5. The number of anilines is 1. The summed E-state index contributed by atoms with van der Waals surface area (Å²) in [4.78, 5) is 0.904. The van der Waals surface area contributed by atoms with Crippen molar-refractivity contribution in [3.05, 3.63) is 83.9 Å². The Morgan fingerprint density at radius 1 is 0.683 bits per heavy atom. The average molecular weight is 601 g/mol. The van der Waals surface area contributed by atoms with Gasteiger partial charge in [0, 0.05) is 18.3 Å². The lowest BCUT2D eigenvalue weighted by Gasteiger charge is -2.30. The van der Waals surface area contributed by atoms with Crippen LogP contribution in [-0.2, 0) is 13.2 Å². The molecule has 1 atom stereocenters. The van der Waals surface area contributed by atoms with Crippen LogP contribution in [0.2, 0.25) is 0 Å². The fourth-order valence-electron chi connectivity index (χ4n) is 3.47. The molecular formula is C26H21F10NO4. The molecule has 0 aliphatic rings. The minimum atomic E-state index is -4.91. The molecule has 0 fully saturated rings. The number of benzene rings is 3. The van der Waals surface area contributed by atoms with Gasteiger partial charge in [-0.15, -0.1) is 13.2 Å². The zero-order valence-electron chi connectivity index (χ0n) is 20.6. The van der Waals surface area contributed by atoms with Crippen LogP contribution in [0, 0.1) is 0 Å². The van der Waals surface area contributed by atoms with Gasteiger partial charge in [-0.1, -0.05) is 30.3 Å².